The highest BCUT2D eigenvalue weighted by atomic mass is 32.2. The standard InChI is InChI=1S/C17H19F2N3O3S/c1-20-11-13(23)8-9-21-16-4-2-3-5-17(16)22(26(21,24)25)15-7-6-12(18)10-14(15)19/h2-7,10,13,20,23H,8-9,11H2,1H3/t13-/m1/s1. The summed E-state index contributed by atoms with van der Waals surface area (Å²) in [5.41, 5.74) is 0.408. The smallest absolute Gasteiger partial charge is 0.331 e. The van der Waals surface area contributed by atoms with Crippen LogP contribution in [0.2, 0.25) is 0 Å². The van der Waals surface area contributed by atoms with Crippen LogP contribution in [0, 0.1) is 11.6 Å². The van der Waals surface area contributed by atoms with Crippen LogP contribution in [0.3, 0.4) is 0 Å². The van der Waals surface area contributed by atoms with Crippen molar-refractivity contribution in [1.29, 1.82) is 0 Å². The van der Waals surface area contributed by atoms with Gasteiger partial charge in [0.1, 0.15) is 5.82 Å². The number of nitrogens with zero attached hydrogens (tertiary/aromatic N) is 2. The number of halogens is 2. The second kappa shape index (κ2) is 7.18. The lowest BCUT2D eigenvalue weighted by atomic mass is 10.2. The van der Waals surface area contributed by atoms with Crippen molar-refractivity contribution < 1.29 is 22.3 Å². The maximum Gasteiger partial charge on any atom is 0.331 e. The molecule has 1 atom stereocenters. The zero-order valence-electron chi connectivity index (χ0n) is 14.1. The van der Waals surface area contributed by atoms with Crippen molar-refractivity contribution in [3.63, 3.8) is 0 Å². The third-order valence-corrected chi connectivity index (χ3v) is 5.90. The molecule has 1 aliphatic rings. The molecule has 6 nitrogen and oxygen atoms in total. The Kier molecular flexibility index (Phi) is 5.12. The van der Waals surface area contributed by atoms with Crippen molar-refractivity contribution >= 4 is 27.3 Å². The number of aliphatic hydroxyl groups is 1. The molecule has 0 amide bonds. The Morgan fingerprint density at radius 2 is 1.81 bits per heavy atom. The molecule has 1 aliphatic heterocycles. The van der Waals surface area contributed by atoms with E-state index in [0.717, 1.165) is 20.7 Å². The van der Waals surface area contributed by atoms with Crippen molar-refractivity contribution in [2.75, 3.05) is 28.7 Å². The van der Waals surface area contributed by atoms with Gasteiger partial charge in [0.05, 0.1) is 23.2 Å². The molecule has 0 spiro atoms. The van der Waals surface area contributed by atoms with Gasteiger partial charge >= 0.3 is 10.2 Å². The molecule has 26 heavy (non-hydrogen) atoms. The zero-order valence-corrected chi connectivity index (χ0v) is 14.9. The van der Waals surface area contributed by atoms with Gasteiger partial charge in [-0.15, -0.1) is 0 Å². The quantitative estimate of drug-likeness (QED) is 0.802. The van der Waals surface area contributed by atoms with E-state index in [-0.39, 0.29) is 24.3 Å². The third-order valence-electron chi connectivity index (χ3n) is 4.11. The Morgan fingerprint density at radius 1 is 1.12 bits per heavy atom. The average Bonchev–Trinajstić information content (AvgIpc) is 2.80. The first kappa shape index (κ1) is 18.6. The summed E-state index contributed by atoms with van der Waals surface area (Å²) in [6.07, 6.45) is -0.521. The lowest BCUT2D eigenvalue weighted by Crippen LogP contribution is -2.38. The number of hydrogen-bond donors (Lipinski definition) is 2. The van der Waals surface area contributed by atoms with E-state index in [2.05, 4.69) is 5.32 Å². The summed E-state index contributed by atoms with van der Waals surface area (Å²) in [4.78, 5) is 0. The first-order valence-corrected chi connectivity index (χ1v) is 9.45. The molecule has 0 fully saturated rings. The number of hydrogen-bond acceptors (Lipinski definition) is 4. The fourth-order valence-electron chi connectivity index (χ4n) is 2.93. The fourth-order valence-corrected chi connectivity index (χ4v) is 4.67. The van der Waals surface area contributed by atoms with Gasteiger partial charge in [-0.2, -0.15) is 8.42 Å². The first-order chi connectivity index (χ1) is 12.4. The minimum Gasteiger partial charge on any atom is -0.392 e. The number of para-hydroxylation sites is 2. The number of likely N-dealkylation sites (N-methyl/N-ethyl adjacent to an activating group) is 1. The molecule has 0 aromatic heterocycles. The molecule has 2 N–H and O–H groups in total. The van der Waals surface area contributed by atoms with Gasteiger partial charge in [0, 0.05) is 19.2 Å². The molecule has 9 heteroatoms. The number of nitrogens with one attached hydrogen (secondary N) is 1. The van der Waals surface area contributed by atoms with Crippen molar-refractivity contribution in [2.24, 2.45) is 0 Å². The van der Waals surface area contributed by atoms with E-state index in [1.54, 1.807) is 31.3 Å². The van der Waals surface area contributed by atoms with Crippen molar-refractivity contribution in [2.45, 2.75) is 12.5 Å². The van der Waals surface area contributed by atoms with Crippen molar-refractivity contribution in [3.8, 4) is 0 Å². The van der Waals surface area contributed by atoms with Gasteiger partial charge in [-0.25, -0.2) is 13.1 Å². The number of anilines is 3. The van der Waals surface area contributed by atoms with Gasteiger partial charge < -0.3 is 10.4 Å². The molecule has 140 valence electrons. The van der Waals surface area contributed by atoms with Gasteiger partial charge in [-0.3, -0.25) is 4.31 Å². The van der Waals surface area contributed by atoms with E-state index in [1.807, 2.05) is 0 Å². The molecule has 0 radical (unpaired) electrons. The Balaban J connectivity index is 2.02. The molecule has 2 aromatic rings. The predicted molar refractivity (Wildman–Crippen MR) is 95.8 cm³/mol. The normalized spacial score (nSPS) is 16.6. The molecular formula is C17H19F2N3O3S. The van der Waals surface area contributed by atoms with E-state index in [1.165, 1.54) is 0 Å². The number of benzene rings is 2. The van der Waals surface area contributed by atoms with Crippen molar-refractivity contribution in [1.82, 2.24) is 5.32 Å². The van der Waals surface area contributed by atoms with Crippen LogP contribution in [-0.4, -0.2) is 39.8 Å². The van der Waals surface area contributed by atoms with Crippen LogP contribution in [0.25, 0.3) is 0 Å². The molecule has 0 saturated carbocycles. The zero-order chi connectivity index (χ0) is 18.9. The van der Waals surface area contributed by atoms with Crippen LogP contribution in [0.4, 0.5) is 25.8 Å². The molecule has 0 aliphatic carbocycles. The summed E-state index contributed by atoms with van der Waals surface area (Å²) >= 11 is 0. The second-order valence-electron chi connectivity index (χ2n) is 5.93. The molecule has 0 unspecified atom stereocenters. The van der Waals surface area contributed by atoms with Crippen LogP contribution >= 0.6 is 0 Å². The number of fused-ring (bicyclic) bond motifs is 1. The summed E-state index contributed by atoms with van der Waals surface area (Å²) in [5.74, 6) is -1.76. The lowest BCUT2D eigenvalue weighted by Gasteiger charge is -2.23. The van der Waals surface area contributed by atoms with E-state index in [4.69, 9.17) is 0 Å². The second-order valence-corrected chi connectivity index (χ2v) is 7.63. The molecule has 2 aromatic carbocycles. The van der Waals surface area contributed by atoms with Crippen LogP contribution in [0.15, 0.2) is 42.5 Å². The van der Waals surface area contributed by atoms with E-state index in [0.29, 0.717) is 18.3 Å². The van der Waals surface area contributed by atoms with Crippen LogP contribution < -0.4 is 13.9 Å². The maximum absolute atomic E-state index is 14.3. The summed E-state index contributed by atoms with van der Waals surface area (Å²) in [6, 6.07) is 9.23. The van der Waals surface area contributed by atoms with Gasteiger partial charge in [0.2, 0.25) is 0 Å². The third kappa shape index (κ3) is 3.25. The monoisotopic (exact) mass is 383 g/mol. The first-order valence-electron chi connectivity index (χ1n) is 8.06. The lowest BCUT2D eigenvalue weighted by molar-refractivity contribution is 0.167. The summed E-state index contributed by atoms with van der Waals surface area (Å²) < 4.78 is 55.6. The Bertz CT molecular complexity index is 908. The summed E-state index contributed by atoms with van der Waals surface area (Å²) in [5, 5.41) is 12.7. The highest BCUT2D eigenvalue weighted by molar-refractivity contribution is 7.95. The summed E-state index contributed by atoms with van der Waals surface area (Å²) in [6.45, 7) is 0.355. The predicted octanol–water partition coefficient (Wildman–Crippen LogP) is 2.14. The minimum absolute atomic E-state index is 0.0293. The highest BCUT2D eigenvalue weighted by Gasteiger charge is 2.42. The van der Waals surface area contributed by atoms with Gasteiger partial charge in [0.25, 0.3) is 0 Å². The van der Waals surface area contributed by atoms with Crippen LogP contribution in [-0.2, 0) is 10.2 Å². The van der Waals surface area contributed by atoms with Crippen LogP contribution in [0.1, 0.15) is 6.42 Å². The van der Waals surface area contributed by atoms with E-state index >= 15 is 0 Å². The molecular weight excluding hydrogens is 364 g/mol. The Morgan fingerprint density at radius 3 is 2.46 bits per heavy atom. The number of aliphatic hydroxyl groups excluding tert-OH is 1. The van der Waals surface area contributed by atoms with Gasteiger partial charge in [-0.1, -0.05) is 12.1 Å². The molecule has 0 bridgehead atoms. The SMILES string of the molecule is CNC[C@H](O)CCN1c2ccccc2N(c2ccc(F)cc2F)S1(=O)=O. The average molecular weight is 383 g/mol. The maximum atomic E-state index is 14.3. The van der Waals surface area contributed by atoms with Crippen LogP contribution in [0.5, 0.6) is 0 Å². The highest BCUT2D eigenvalue weighted by Crippen LogP contribution is 2.45. The van der Waals surface area contributed by atoms with Gasteiger partial charge in [0.15, 0.2) is 5.82 Å². The topological polar surface area (TPSA) is 72.9 Å². The van der Waals surface area contributed by atoms with Gasteiger partial charge in [-0.05, 0) is 37.7 Å². The Labute approximate surface area is 150 Å². The molecule has 0 saturated heterocycles. The van der Waals surface area contributed by atoms with E-state index in [9.17, 15) is 22.3 Å². The fraction of sp³-hybridized carbons (Fsp3) is 0.294. The largest absolute Gasteiger partial charge is 0.392 e. The minimum atomic E-state index is -4.11. The Hall–Kier alpha value is -2.23. The van der Waals surface area contributed by atoms with E-state index < -0.39 is 27.9 Å². The molecule has 3 rings (SSSR count). The number of rotatable bonds is 6. The summed E-state index contributed by atoms with van der Waals surface area (Å²) in [7, 11) is -2.43. The molecule has 1 heterocycles. The van der Waals surface area contributed by atoms with Crippen molar-refractivity contribution in [3.05, 3.63) is 54.1 Å².